The molecule has 3 amide bonds. The summed E-state index contributed by atoms with van der Waals surface area (Å²) in [6.07, 6.45) is 1.89. The van der Waals surface area contributed by atoms with Gasteiger partial charge in [-0.2, -0.15) is 15.0 Å². The first-order valence-electron chi connectivity index (χ1n) is 10.2. The van der Waals surface area contributed by atoms with Gasteiger partial charge in [0.25, 0.3) is 0 Å². The molecule has 170 valence electrons. The van der Waals surface area contributed by atoms with Crippen LogP contribution in [0.25, 0.3) is 0 Å². The van der Waals surface area contributed by atoms with E-state index in [-0.39, 0.29) is 30.1 Å². The number of amides is 3. The van der Waals surface area contributed by atoms with Gasteiger partial charge in [-0.3, -0.25) is 14.4 Å². The summed E-state index contributed by atoms with van der Waals surface area (Å²) in [7, 11) is 0. The summed E-state index contributed by atoms with van der Waals surface area (Å²) < 4.78 is 0. The molecule has 0 spiro atoms. The molecule has 2 atom stereocenters. The number of halogens is 1. The van der Waals surface area contributed by atoms with Crippen molar-refractivity contribution >= 4 is 41.2 Å². The molecule has 1 aliphatic rings. The van der Waals surface area contributed by atoms with Crippen molar-refractivity contribution in [3.63, 3.8) is 0 Å². The molecule has 0 saturated carbocycles. The molecule has 2 aromatic rings. The quantitative estimate of drug-likeness (QED) is 0.434. The lowest BCUT2D eigenvalue weighted by molar-refractivity contribution is -0.131. The third-order valence-electron chi connectivity index (χ3n) is 4.81. The first-order chi connectivity index (χ1) is 15.4. The number of hydrogen-bond acceptors (Lipinski definition) is 8. The Morgan fingerprint density at radius 3 is 2.47 bits per heavy atom. The minimum atomic E-state index is -0.902. The van der Waals surface area contributed by atoms with Crippen LogP contribution in [0.5, 0.6) is 0 Å². The molecule has 0 radical (unpaired) electrons. The van der Waals surface area contributed by atoms with Crippen molar-refractivity contribution in [1.29, 1.82) is 0 Å². The summed E-state index contributed by atoms with van der Waals surface area (Å²) in [6.45, 7) is 0.313. The molecule has 2 heterocycles. The first-order valence-corrected chi connectivity index (χ1v) is 10.6. The van der Waals surface area contributed by atoms with E-state index in [1.165, 1.54) is 0 Å². The first kappa shape index (κ1) is 23.2. The van der Waals surface area contributed by atoms with E-state index in [4.69, 9.17) is 17.3 Å². The van der Waals surface area contributed by atoms with Gasteiger partial charge in [-0.1, -0.05) is 30.3 Å². The highest BCUT2D eigenvalue weighted by Crippen LogP contribution is 2.11. The van der Waals surface area contributed by atoms with Crippen molar-refractivity contribution in [2.75, 3.05) is 23.7 Å². The molecule has 6 N–H and O–H groups in total. The molecule has 0 aliphatic carbocycles. The highest BCUT2D eigenvalue weighted by Gasteiger charge is 2.26. The predicted octanol–water partition coefficient (Wildman–Crippen LogP) is 0.230. The van der Waals surface area contributed by atoms with E-state index >= 15 is 0 Å². The second-order valence-electron chi connectivity index (χ2n) is 7.30. The maximum atomic E-state index is 12.9. The van der Waals surface area contributed by atoms with Gasteiger partial charge in [-0.05, 0) is 36.4 Å². The zero-order valence-electron chi connectivity index (χ0n) is 17.3. The largest absolute Gasteiger partial charge is 0.368 e. The van der Waals surface area contributed by atoms with Gasteiger partial charge in [0.1, 0.15) is 12.1 Å². The molecule has 0 fully saturated rings. The van der Waals surface area contributed by atoms with Crippen molar-refractivity contribution in [1.82, 2.24) is 25.6 Å². The average molecular weight is 461 g/mol. The molecular weight excluding hydrogens is 436 g/mol. The number of rotatable bonds is 3. The molecule has 11 nitrogen and oxygen atoms in total. The fourth-order valence-electron chi connectivity index (χ4n) is 3.20. The van der Waals surface area contributed by atoms with E-state index in [0.29, 0.717) is 25.8 Å². The Labute approximate surface area is 189 Å². The van der Waals surface area contributed by atoms with Crippen molar-refractivity contribution in [3.8, 4) is 0 Å². The topological polar surface area (TPSA) is 164 Å². The molecule has 12 heteroatoms. The number of hydrogen-bond donors (Lipinski definition) is 5. The molecular formula is C20H25ClN8O3. The van der Waals surface area contributed by atoms with E-state index in [0.717, 1.165) is 5.56 Å². The fourth-order valence-corrected chi connectivity index (χ4v) is 3.36. The summed E-state index contributed by atoms with van der Waals surface area (Å²) in [5.41, 5.74) is 6.34. The van der Waals surface area contributed by atoms with Crippen molar-refractivity contribution in [3.05, 3.63) is 41.2 Å². The third kappa shape index (κ3) is 7.05. The molecule has 2 bridgehead atoms. The maximum absolute atomic E-state index is 12.9. The van der Waals surface area contributed by atoms with Gasteiger partial charge in [0, 0.05) is 13.0 Å². The Hall–Kier alpha value is -3.47. The standard InChI is InChI=1S/C20H25ClN8O3/c21-18-27-19-23-9-5-4-8-13(16(22)31)26-17(32)14(10-12-6-2-1-3-7-12)25-15(30)11-24-20(28-18)29-19/h1-3,6-7,13-14H,4-5,8-11H2,(H2,22,31)(H,25,30)(H,26,32)(H2,23,24,27,28,29)/t13-,14+/m1/s1. The third-order valence-corrected chi connectivity index (χ3v) is 4.98. The molecule has 1 aliphatic heterocycles. The minimum Gasteiger partial charge on any atom is -0.368 e. The Kier molecular flexibility index (Phi) is 8.14. The van der Waals surface area contributed by atoms with E-state index in [2.05, 4.69) is 36.2 Å². The Bertz CT molecular complexity index is 959. The predicted molar refractivity (Wildman–Crippen MR) is 119 cm³/mol. The number of anilines is 2. The maximum Gasteiger partial charge on any atom is 0.243 e. The van der Waals surface area contributed by atoms with Crippen LogP contribution >= 0.6 is 11.6 Å². The summed E-state index contributed by atoms with van der Waals surface area (Å²) >= 11 is 5.94. The van der Waals surface area contributed by atoms with Crippen LogP contribution in [0.1, 0.15) is 24.8 Å². The van der Waals surface area contributed by atoms with Crippen LogP contribution in [0.3, 0.4) is 0 Å². The zero-order chi connectivity index (χ0) is 22.9. The second-order valence-corrected chi connectivity index (χ2v) is 7.64. The summed E-state index contributed by atoms with van der Waals surface area (Å²) in [6, 6.07) is 7.50. The van der Waals surface area contributed by atoms with E-state index in [9.17, 15) is 14.4 Å². The second kappa shape index (κ2) is 11.2. The van der Waals surface area contributed by atoms with Crippen LogP contribution in [-0.2, 0) is 20.8 Å². The van der Waals surface area contributed by atoms with Crippen LogP contribution < -0.4 is 27.0 Å². The Morgan fingerprint density at radius 2 is 1.75 bits per heavy atom. The highest BCUT2D eigenvalue weighted by molar-refractivity contribution is 6.28. The molecule has 0 saturated heterocycles. The van der Waals surface area contributed by atoms with Crippen LogP contribution in [0.4, 0.5) is 11.9 Å². The molecule has 3 rings (SSSR count). The van der Waals surface area contributed by atoms with Gasteiger partial charge in [-0.15, -0.1) is 0 Å². The van der Waals surface area contributed by atoms with Crippen LogP contribution in [0.15, 0.2) is 30.3 Å². The number of nitrogens with one attached hydrogen (secondary N) is 4. The van der Waals surface area contributed by atoms with E-state index in [1.54, 1.807) is 0 Å². The van der Waals surface area contributed by atoms with Crippen molar-refractivity contribution < 1.29 is 14.4 Å². The Morgan fingerprint density at radius 1 is 1.03 bits per heavy atom. The van der Waals surface area contributed by atoms with E-state index < -0.39 is 29.8 Å². The summed E-state index contributed by atoms with van der Waals surface area (Å²) in [5.74, 6) is -1.18. The van der Waals surface area contributed by atoms with Crippen molar-refractivity contribution in [2.45, 2.75) is 37.8 Å². The minimum absolute atomic E-state index is 0.0263. The molecule has 0 unspecified atom stereocenters. The SMILES string of the molecule is NC(=O)[C@H]1CCCCNc2nc(Cl)nc(n2)NCC(=O)N[C@@H](Cc2ccccc2)C(=O)N1. The van der Waals surface area contributed by atoms with Crippen LogP contribution in [0, 0.1) is 0 Å². The smallest absolute Gasteiger partial charge is 0.243 e. The van der Waals surface area contributed by atoms with Crippen LogP contribution in [-0.4, -0.2) is 57.8 Å². The van der Waals surface area contributed by atoms with Gasteiger partial charge in [0.15, 0.2) is 0 Å². The lowest BCUT2D eigenvalue weighted by Crippen LogP contribution is -2.54. The molecule has 32 heavy (non-hydrogen) atoms. The van der Waals surface area contributed by atoms with Gasteiger partial charge >= 0.3 is 0 Å². The number of nitrogens with zero attached hydrogens (tertiary/aromatic N) is 3. The number of benzene rings is 1. The van der Waals surface area contributed by atoms with Gasteiger partial charge in [0.05, 0.1) is 6.54 Å². The lowest BCUT2D eigenvalue weighted by Gasteiger charge is -2.22. The highest BCUT2D eigenvalue weighted by atomic mass is 35.5. The number of carbonyl (C=O) groups excluding carboxylic acids is 3. The summed E-state index contributed by atoms with van der Waals surface area (Å²) in [4.78, 5) is 49.5. The molecule has 1 aromatic carbocycles. The monoisotopic (exact) mass is 460 g/mol. The zero-order valence-corrected chi connectivity index (χ0v) is 18.1. The normalized spacial score (nSPS) is 20.3. The number of nitrogens with two attached hydrogens (primary N) is 1. The lowest BCUT2D eigenvalue weighted by atomic mass is 10.0. The number of carbonyl (C=O) groups is 3. The Balaban J connectivity index is 1.81. The van der Waals surface area contributed by atoms with Gasteiger partial charge < -0.3 is 27.0 Å². The van der Waals surface area contributed by atoms with Crippen molar-refractivity contribution in [2.24, 2.45) is 5.73 Å². The summed E-state index contributed by atoms with van der Waals surface area (Å²) in [5, 5.41) is 11.1. The molecule has 1 aromatic heterocycles. The van der Waals surface area contributed by atoms with Gasteiger partial charge in [-0.25, -0.2) is 0 Å². The van der Waals surface area contributed by atoms with E-state index in [1.807, 2.05) is 30.3 Å². The number of aromatic nitrogens is 3. The number of primary amides is 1. The van der Waals surface area contributed by atoms with Crippen LogP contribution in [0.2, 0.25) is 5.28 Å². The average Bonchev–Trinajstić information content (AvgIpc) is 2.76. The fraction of sp³-hybridized carbons (Fsp3) is 0.400. The van der Waals surface area contributed by atoms with Gasteiger partial charge in [0.2, 0.25) is 34.9 Å². The number of fused-ring (bicyclic) bond motifs is 2.